The number of carbonyl (C=O) groups excluding carboxylic acids is 1. The first-order valence-corrected chi connectivity index (χ1v) is 3.83. The molecule has 0 spiro atoms. The molecule has 1 heterocycles. The predicted octanol–water partition coefficient (Wildman–Crippen LogP) is 0.306. The Morgan fingerprint density at radius 2 is 2.75 bits per heavy atom. The van der Waals surface area contributed by atoms with E-state index in [0.717, 1.165) is 5.57 Å². The number of primary amides is 1. The summed E-state index contributed by atoms with van der Waals surface area (Å²) in [5.41, 5.74) is 9.07. The van der Waals surface area contributed by atoms with Crippen LogP contribution in [0.5, 0.6) is 0 Å². The molecule has 0 saturated heterocycles. The summed E-state index contributed by atoms with van der Waals surface area (Å²) in [6.45, 7) is 4.18. The largest absolute Gasteiger partial charge is 0.384 e. The summed E-state index contributed by atoms with van der Waals surface area (Å²) in [6.07, 6.45) is 4.13. The van der Waals surface area contributed by atoms with Gasteiger partial charge in [0.15, 0.2) is 0 Å². The highest BCUT2D eigenvalue weighted by Gasteiger charge is 2.20. The van der Waals surface area contributed by atoms with Crippen LogP contribution in [-0.2, 0) is 4.79 Å². The lowest BCUT2D eigenvalue weighted by atomic mass is 9.95. The fourth-order valence-corrected chi connectivity index (χ4v) is 1.17. The molecule has 0 saturated carbocycles. The molecule has 0 aromatic carbocycles. The number of nitrogens with one attached hydrogen (secondary N) is 1. The Balaban J connectivity index is 2.82. The van der Waals surface area contributed by atoms with E-state index < -0.39 is 0 Å². The molecule has 1 atom stereocenters. The lowest BCUT2D eigenvalue weighted by Crippen LogP contribution is -2.34. The van der Waals surface area contributed by atoms with E-state index in [9.17, 15) is 4.79 Å². The van der Waals surface area contributed by atoms with Crippen LogP contribution in [0.3, 0.4) is 0 Å². The van der Waals surface area contributed by atoms with Crippen molar-refractivity contribution in [2.45, 2.75) is 6.42 Å². The summed E-state index contributed by atoms with van der Waals surface area (Å²) >= 11 is 0. The fraction of sp³-hybridized carbons (Fsp3) is 0.333. The average molecular weight is 164 g/mol. The smallest absolute Gasteiger partial charge is 0.227 e. The average Bonchev–Trinajstić information content (AvgIpc) is 2.05. The molecule has 1 aliphatic heterocycles. The molecule has 0 aromatic rings. The lowest BCUT2D eigenvalue weighted by molar-refractivity contribution is -0.120. The van der Waals surface area contributed by atoms with Crippen LogP contribution in [0.25, 0.3) is 0 Å². The van der Waals surface area contributed by atoms with Crippen LogP contribution < -0.4 is 11.1 Å². The predicted molar refractivity (Wildman–Crippen MR) is 47.1 cm³/mol. The molecule has 0 aromatic heterocycles. The van der Waals surface area contributed by atoms with Crippen molar-refractivity contribution in [2.24, 2.45) is 11.7 Å². The summed E-state index contributed by atoms with van der Waals surface area (Å²) in [5, 5.41) is 2.91. The van der Waals surface area contributed by atoms with E-state index in [1.54, 1.807) is 12.3 Å². The monoisotopic (exact) mass is 164 g/mol. The minimum atomic E-state index is -0.306. The highest BCUT2D eigenvalue weighted by atomic mass is 16.1. The molecule has 64 valence electrons. The normalized spacial score (nSPS) is 21.0. The third kappa shape index (κ3) is 1.77. The van der Waals surface area contributed by atoms with Crippen LogP contribution in [0.2, 0.25) is 0 Å². The third-order valence-corrected chi connectivity index (χ3v) is 1.81. The topological polar surface area (TPSA) is 55.1 Å². The lowest BCUT2D eigenvalue weighted by Gasteiger charge is -2.17. The van der Waals surface area contributed by atoms with Gasteiger partial charge in [0.05, 0.1) is 5.92 Å². The van der Waals surface area contributed by atoms with Crippen LogP contribution in [0.4, 0.5) is 0 Å². The Bertz CT molecular complexity index is 262. The van der Waals surface area contributed by atoms with Gasteiger partial charge in [-0.3, -0.25) is 4.79 Å². The van der Waals surface area contributed by atoms with Crippen LogP contribution in [0.1, 0.15) is 6.42 Å². The van der Waals surface area contributed by atoms with Crippen molar-refractivity contribution in [3.05, 3.63) is 30.2 Å². The molecule has 12 heavy (non-hydrogen) atoms. The summed E-state index contributed by atoms with van der Waals surface area (Å²) in [6, 6.07) is 0. The van der Waals surface area contributed by atoms with Gasteiger partial charge in [-0.15, -0.1) is 12.3 Å². The molecule has 0 radical (unpaired) electrons. The molecule has 0 bridgehead atoms. The Labute approximate surface area is 71.6 Å². The highest BCUT2D eigenvalue weighted by Crippen LogP contribution is 2.15. The minimum absolute atomic E-state index is 0.229. The number of carbonyl (C=O) groups is 1. The van der Waals surface area contributed by atoms with E-state index >= 15 is 0 Å². The van der Waals surface area contributed by atoms with Crippen molar-refractivity contribution in [3.63, 3.8) is 0 Å². The summed E-state index contributed by atoms with van der Waals surface area (Å²) in [7, 11) is 0. The summed E-state index contributed by atoms with van der Waals surface area (Å²) < 4.78 is 0. The van der Waals surface area contributed by atoms with E-state index in [4.69, 9.17) is 5.73 Å². The Kier molecular flexibility index (Phi) is 2.72. The first-order chi connectivity index (χ1) is 5.75. The van der Waals surface area contributed by atoms with Crippen molar-refractivity contribution in [2.75, 3.05) is 6.54 Å². The number of nitrogens with two attached hydrogens (primary N) is 1. The van der Waals surface area contributed by atoms with Gasteiger partial charge in [0, 0.05) is 12.7 Å². The van der Waals surface area contributed by atoms with E-state index in [1.165, 1.54) is 0 Å². The maximum absolute atomic E-state index is 10.9. The van der Waals surface area contributed by atoms with Crippen molar-refractivity contribution in [1.29, 1.82) is 0 Å². The van der Waals surface area contributed by atoms with Gasteiger partial charge in [-0.1, -0.05) is 6.08 Å². The zero-order chi connectivity index (χ0) is 8.97. The van der Waals surface area contributed by atoms with Gasteiger partial charge in [-0.25, -0.2) is 0 Å². The number of allylic oxidation sites excluding steroid dienone is 1. The molecule has 3 N–H and O–H groups in total. The molecule has 1 aliphatic rings. The van der Waals surface area contributed by atoms with Crippen molar-refractivity contribution >= 4 is 5.91 Å². The number of hydrogen-bond acceptors (Lipinski definition) is 2. The maximum Gasteiger partial charge on any atom is 0.227 e. The zero-order valence-electron chi connectivity index (χ0n) is 6.84. The van der Waals surface area contributed by atoms with Crippen molar-refractivity contribution < 1.29 is 4.79 Å². The first-order valence-electron chi connectivity index (χ1n) is 3.83. The highest BCUT2D eigenvalue weighted by molar-refractivity contribution is 5.80. The molecule has 3 nitrogen and oxygen atoms in total. The molecule has 1 amide bonds. The second-order valence-electron chi connectivity index (χ2n) is 2.67. The Morgan fingerprint density at radius 3 is 3.33 bits per heavy atom. The molecular formula is C9H12N2O. The quantitative estimate of drug-likeness (QED) is 0.466. The standard InChI is InChI=1S/C9H12N2O/c1-2-3-7-4-5-11-6-8(7)9(10)12/h2,5,8,11H,1,3,6H2,(H2,10,12). The fourth-order valence-electron chi connectivity index (χ4n) is 1.17. The van der Waals surface area contributed by atoms with Gasteiger partial charge in [-0.05, 0) is 12.0 Å². The first kappa shape index (κ1) is 8.62. The van der Waals surface area contributed by atoms with E-state index in [2.05, 4.69) is 17.6 Å². The van der Waals surface area contributed by atoms with Crippen molar-refractivity contribution in [1.82, 2.24) is 5.32 Å². The maximum atomic E-state index is 10.9. The zero-order valence-corrected chi connectivity index (χ0v) is 6.84. The molecule has 3 heteroatoms. The Hall–Kier alpha value is -1.47. The van der Waals surface area contributed by atoms with Crippen LogP contribution in [-0.4, -0.2) is 12.5 Å². The van der Waals surface area contributed by atoms with Gasteiger partial charge in [0.2, 0.25) is 5.91 Å². The van der Waals surface area contributed by atoms with Crippen LogP contribution in [0.15, 0.2) is 30.2 Å². The van der Waals surface area contributed by atoms with Gasteiger partial charge in [0.25, 0.3) is 0 Å². The summed E-state index contributed by atoms with van der Waals surface area (Å²) in [5.74, 6) is -0.534. The third-order valence-electron chi connectivity index (χ3n) is 1.81. The van der Waals surface area contributed by atoms with E-state index in [-0.39, 0.29) is 11.8 Å². The molecule has 1 unspecified atom stereocenters. The van der Waals surface area contributed by atoms with Gasteiger partial charge < -0.3 is 11.1 Å². The van der Waals surface area contributed by atoms with E-state index in [1.807, 2.05) is 0 Å². The SMILES string of the molecule is C=CCC1=C=CNCC1C(N)=O. The summed E-state index contributed by atoms with van der Waals surface area (Å²) in [4.78, 5) is 10.9. The number of rotatable bonds is 3. The van der Waals surface area contributed by atoms with Gasteiger partial charge >= 0.3 is 0 Å². The van der Waals surface area contributed by atoms with Crippen LogP contribution >= 0.6 is 0 Å². The van der Waals surface area contributed by atoms with Crippen molar-refractivity contribution in [3.8, 4) is 0 Å². The minimum Gasteiger partial charge on any atom is -0.384 e. The molecule has 0 fully saturated rings. The van der Waals surface area contributed by atoms with Gasteiger partial charge in [0.1, 0.15) is 0 Å². The second kappa shape index (κ2) is 3.79. The molecule has 1 rings (SSSR count). The second-order valence-corrected chi connectivity index (χ2v) is 2.67. The number of amides is 1. The Morgan fingerprint density at radius 1 is 2.00 bits per heavy atom. The molecular weight excluding hydrogens is 152 g/mol. The number of hydrogen-bond donors (Lipinski definition) is 2. The van der Waals surface area contributed by atoms with Crippen LogP contribution in [0, 0.1) is 5.92 Å². The van der Waals surface area contributed by atoms with Gasteiger partial charge in [-0.2, -0.15) is 0 Å². The molecule has 0 aliphatic carbocycles. The van der Waals surface area contributed by atoms with E-state index in [0.29, 0.717) is 13.0 Å².